The van der Waals surface area contributed by atoms with E-state index in [4.69, 9.17) is 4.42 Å². The van der Waals surface area contributed by atoms with Gasteiger partial charge >= 0.3 is 0 Å². The van der Waals surface area contributed by atoms with E-state index in [-0.39, 0.29) is 0 Å². The Bertz CT molecular complexity index is 2100. The van der Waals surface area contributed by atoms with Gasteiger partial charge in [0.05, 0.1) is 21.5 Å². The van der Waals surface area contributed by atoms with Gasteiger partial charge in [-0.3, -0.25) is 0 Å². The number of hydrogen-bond acceptors (Lipinski definition) is 3. The smallest absolute Gasteiger partial charge is 0.137 e. The summed E-state index contributed by atoms with van der Waals surface area (Å²) in [7, 11) is 0. The van der Waals surface area contributed by atoms with E-state index in [0.29, 0.717) is 0 Å². The van der Waals surface area contributed by atoms with E-state index < -0.39 is 0 Å². The molecule has 0 radical (unpaired) electrons. The second kappa shape index (κ2) is 7.95. The molecule has 0 unspecified atom stereocenters. The average Bonchev–Trinajstić information content (AvgIpc) is 3.53. The lowest BCUT2D eigenvalue weighted by Gasteiger charge is -2.27. The molecular weight excluding hydrogens is 470 g/mol. The molecule has 0 saturated carbocycles. The summed E-state index contributed by atoms with van der Waals surface area (Å²) in [5, 5.41) is 7.41. The van der Waals surface area contributed by atoms with Gasteiger partial charge in [0.1, 0.15) is 11.2 Å². The molecule has 0 amide bonds. The highest BCUT2D eigenvalue weighted by Gasteiger charge is 2.23. The molecule has 0 N–H and O–H groups in total. The summed E-state index contributed by atoms with van der Waals surface area (Å²) in [4.78, 5) is 2.41. The van der Waals surface area contributed by atoms with Gasteiger partial charge in [0, 0.05) is 26.5 Å². The van der Waals surface area contributed by atoms with Crippen LogP contribution >= 0.6 is 11.3 Å². The quantitative estimate of drug-likeness (QED) is 0.244. The normalized spacial score (nSPS) is 11.8. The largest absolute Gasteiger partial charge is 0.456 e. The van der Waals surface area contributed by atoms with E-state index in [0.717, 1.165) is 33.3 Å². The molecule has 0 fully saturated rings. The van der Waals surface area contributed by atoms with Crippen LogP contribution in [0.5, 0.6) is 0 Å². The van der Waals surface area contributed by atoms with Crippen molar-refractivity contribution in [1.82, 2.24) is 0 Å². The Morgan fingerprint density at radius 2 is 1.22 bits per heavy atom. The number of furan rings is 1. The summed E-state index contributed by atoms with van der Waals surface area (Å²) in [6.45, 7) is 0. The van der Waals surface area contributed by atoms with Crippen LogP contribution in [0.4, 0.5) is 17.1 Å². The molecular formula is C34H21NOS. The van der Waals surface area contributed by atoms with Crippen molar-refractivity contribution in [3.8, 4) is 0 Å². The number of para-hydroxylation sites is 2. The van der Waals surface area contributed by atoms with Gasteiger partial charge in [0.2, 0.25) is 0 Å². The Hall–Kier alpha value is -4.60. The van der Waals surface area contributed by atoms with Gasteiger partial charge in [0.15, 0.2) is 0 Å². The van der Waals surface area contributed by atoms with Crippen molar-refractivity contribution in [1.29, 1.82) is 0 Å². The van der Waals surface area contributed by atoms with Crippen LogP contribution in [0.15, 0.2) is 132 Å². The molecule has 0 aliphatic heterocycles. The van der Waals surface area contributed by atoms with Crippen molar-refractivity contribution < 1.29 is 4.42 Å². The first kappa shape index (κ1) is 20.6. The predicted molar refractivity (Wildman–Crippen MR) is 159 cm³/mol. The highest BCUT2D eigenvalue weighted by Crippen LogP contribution is 2.49. The summed E-state index contributed by atoms with van der Waals surface area (Å²) in [5.74, 6) is 0. The van der Waals surface area contributed by atoms with Crippen LogP contribution in [0.3, 0.4) is 0 Å². The number of fused-ring (bicyclic) bond motifs is 8. The van der Waals surface area contributed by atoms with Crippen LogP contribution in [0.2, 0.25) is 0 Å². The zero-order valence-electron chi connectivity index (χ0n) is 19.9. The maximum Gasteiger partial charge on any atom is 0.137 e. The second-order valence-corrected chi connectivity index (χ2v) is 10.4. The summed E-state index contributed by atoms with van der Waals surface area (Å²) in [6.07, 6.45) is 0. The van der Waals surface area contributed by atoms with Gasteiger partial charge in [-0.05, 0) is 53.2 Å². The van der Waals surface area contributed by atoms with Gasteiger partial charge in [-0.25, -0.2) is 0 Å². The summed E-state index contributed by atoms with van der Waals surface area (Å²) >= 11 is 1.87. The molecule has 8 aromatic rings. The molecule has 0 saturated heterocycles. The van der Waals surface area contributed by atoms with Gasteiger partial charge in [0.25, 0.3) is 0 Å². The fraction of sp³-hybridized carbons (Fsp3) is 0. The molecule has 3 heteroatoms. The third kappa shape index (κ3) is 3.05. The van der Waals surface area contributed by atoms with Gasteiger partial charge < -0.3 is 9.32 Å². The van der Waals surface area contributed by atoms with Crippen LogP contribution in [0.1, 0.15) is 0 Å². The third-order valence-electron chi connectivity index (χ3n) is 7.23. The fourth-order valence-corrected chi connectivity index (χ4v) is 6.87. The second-order valence-electron chi connectivity index (χ2n) is 9.34. The lowest BCUT2D eigenvalue weighted by molar-refractivity contribution is 0.669. The number of benzene rings is 6. The first-order chi connectivity index (χ1) is 18.4. The molecule has 0 bridgehead atoms. The standard InChI is InChI=1S/C34H21NOS/c1-2-12-23(13-3-1)35(27-17-10-19-30-33(27)25-15-6-8-18-29(25)36-30)28-21-22-11-4-5-14-24(22)32-26-16-7-9-20-31(26)37-34(28)32/h1-21H. The van der Waals surface area contributed by atoms with E-state index >= 15 is 0 Å². The van der Waals surface area contributed by atoms with Crippen molar-refractivity contribution in [3.63, 3.8) is 0 Å². The molecule has 0 spiro atoms. The SMILES string of the molecule is c1ccc(N(c2cc3ccccc3c3c2sc2ccccc23)c2cccc3oc4ccccc4c23)cc1. The van der Waals surface area contributed by atoms with Gasteiger partial charge in [-0.15, -0.1) is 11.3 Å². The number of nitrogens with zero attached hydrogens (tertiary/aromatic N) is 1. The zero-order valence-corrected chi connectivity index (χ0v) is 20.7. The van der Waals surface area contributed by atoms with E-state index in [1.54, 1.807) is 0 Å². The minimum atomic E-state index is 0.896. The van der Waals surface area contributed by atoms with Crippen molar-refractivity contribution in [2.75, 3.05) is 4.90 Å². The molecule has 174 valence electrons. The van der Waals surface area contributed by atoms with Crippen molar-refractivity contribution in [2.24, 2.45) is 0 Å². The van der Waals surface area contributed by atoms with Crippen molar-refractivity contribution in [2.45, 2.75) is 0 Å². The minimum Gasteiger partial charge on any atom is -0.456 e. The Labute approximate surface area is 217 Å². The Kier molecular flexibility index (Phi) is 4.42. The van der Waals surface area contributed by atoms with Crippen LogP contribution in [0.25, 0.3) is 52.9 Å². The van der Waals surface area contributed by atoms with E-state index in [1.807, 2.05) is 23.5 Å². The van der Waals surface area contributed by atoms with E-state index in [2.05, 4.69) is 120 Å². The monoisotopic (exact) mass is 491 g/mol. The molecule has 0 atom stereocenters. The van der Waals surface area contributed by atoms with Crippen LogP contribution in [-0.2, 0) is 0 Å². The summed E-state index contributed by atoms with van der Waals surface area (Å²) < 4.78 is 8.88. The maximum absolute atomic E-state index is 6.30. The fourth-order valence-electron chi connectivity index (χ4n) is 5.65. The third-order valence-corrected chi connectivity index (χ3v) is 8.42. The molecule has 6 aromatic carbocycles. The predicted octanol–water partition coefficient (Wildman–Crippen LogP) is 10.6. The van der Waals surface area contributed by atoms with Crippen LogP contribution in [-0.4, -0.2) is 0 Å². The van der Waals surface area contributed by atoms with Crippen LogP contribution in [0, 0.1) is 0 Å². The maximum atomic E-state index is 6.30. The van der Waals surface area contributed by atoms with Crippen LogP contribution < -0.4 is 4.90 Å². The Morgan fingerprint density at radius 1 is 0.514 bits per heavy atom. The van der Waals surface area contributed by atoms with E-state index in [1.165, 1.54) is 36.6 Å². The molecule has 2 aromatic heterocycles. The summed E-state index contributed by atoms with van der Waals surface area (Å²) in [5.41, 5.74) is 5.22. The summed E-state index contributed by atoms with van der Waals surface area (Å²) in [6, 6.07) is 45.2. The number of hydrogen-bond donors (Lipinski definition) is 0. The number of anilines is 3. The van der Waals surface area contributed by atoms with Crippen molar-refractivity contribution in [3.05, 3.63) is 127 Å². The minimum absolute atomic E-state index is 0.896. The number of rotatable bonds is 3. The van der Waals surface area contributed by atoms with Gasteiger partial charge in [-0.1, -0.05) is 84.9 Å². The molecule has 0 aliphatic rings. The van der Waals surface area contributed by atoms with E-state index in [9.17, 15) is 0 Å². The number of thiophene rings is 1. The van der Waals surface area contributed by atoms with Gasteiger partial charge in [-0.2, -0.15) is 0 Å². The molecule has 2 heterocycles. The highest BCUT2D eigenvalue weighted by molar-refractivity contribution is 7.26. The lowest BCUT2D eigenvalue weighted by Crippen LogP contribution is -2.10. The molecule has 2 nitrogen and oxygen atoms in total. The average molecular weight is 492 g/mol. The molecule has 37 heavy (non-hydrogen) atoms. The lowest BCUT2D eigenvalue weighted by atomic mass is 10.0. The first-order valence-electron chi connectivity index (χ1n) is 12.5. The Morgan fingerprint density at radius 3 is 2.11 bits per heavy atom. The first-order valence-corrected chi connectivity index (χ1v) is 13.3. The molecule has 8 rings (SSSR count). The molecule has 0 aliphatic carbocycles. The topological polar surface area (TPSA) is 16.4 Å². The van der Waals surface area contributed by atoms with Crippen molar-refractivity contribution >= 4 is 81.3 Å². The highest BCUT2D eigenvalue weighted by atomic mass is 32.1. The Balaban J connectivity index is 1.55. The zero-order chi connectivity index (χ0) is 24.3.